The van der Waals surface area contributed by atoms with Crippen LogP contribution in [-0.2, 0) is 9.53 Å². The Morgan fingerprint density at radius 1 is 1.35 bits per heavy atom. The summed E-state index contributed by atoms with van der Waals surface area (Å²) < 4.78 is 6.14. The molecule has 0 fully saturated rings. The van der Waals surface area contributed by atoms with E-state index in [0.29, 0.717) is 10.6 Å². The van der Waals surface area contributed by atoms with Crippen LogP contribution in [0.25, 0.3) is 6.08 Å². The van der Waals surface area contributed by atoms with Crippen molar-refractivity contribution in [1.29, 1.82) is 0 Å². The van der Waals surface area contributed by atoms with Gasteiger partial charge in [0.1, 0.15) is 0 Å². The topological polar surface area (TPSA) is 38.7 Å². The highest BCUT2D eigenvalue weighted by Crippen LogP contribution is 2.26. The Hall–Kier alpha value is -1.43. The van der Waals surface area contributed by atoms with Crippen molar-refractivity contribution in [2.24, 2.45) is 4.99 Å². The molecule has 0 unspecified atom stereocenters. The zero-order valence-electron chi connectivity index (χ0n) is 9.97. The van der Waals surface area contributed by atoms with E-state index in [1.807, 2.05) is 23.6 Å². The van der Waals surface area contributed by atoms with Gasteiger partial charge >= 0.3 is 5.97 Å². The van der Waals surface area contributed by atoms with Crippen molar-refractivity contribution < 1.29 is 9.53 Å². The van der Waals surface area contributed by atoms with Gasteiger partial charge in [0.15, 0.2) is 5.70 Å². The number of thiophene rings is 1. The molecule has 0 saturated heterocycles. The zero-order chi connectivity index (χ0) is 14.1. The van der Waals surface area contributed by atoms with E-state index in [0.717, 1.165) is 9.35 Å². The van der Waals surface area contributed by atoms with E-state index in [2.05, 4.69) is 20.9 Å². The molecular weight excluding hydrogens is 362 g/mol. The highest BCUT2D eigenvalue weighted by molar-refractivity contribution is 9.10. The third kappa shape index (κ3) is 2.70. The van der Waals surface area contributed by atoms with Crippen LogP contribution < -0.4 is 0 Å². The molecule has 0 N–H and O–H groups in total. The SMILES string of the molecule is O=C1OC(c2ccccc2Cl)=N/C1=C\c1cc(Br)cs1. The first kappa shape index (κ1) is 13.5. The minimum absolute atomic E-state index is 0.238. The molecular formula is C14H7BrClNO2S. The van der Waals surface area contributed by atoms with Gasteiger partial charge < -0.3 is 4.74 Å². The third-order valence-corrected chi connectivity index (χ3v) is 4.56. The lowest BCUT2D eigenvalue weighted by Crippen LogP contribution is -2.05. The molecule has 0 aliphatic carbocycles. The van der Waals surface area contributed by atoms with Crippen molar-refractivity contribution >= 4 is 56.8 Å². The van der Waals surface area contributed by atoms with Gasteiger partial charge in [-0.05, 0) is 40.2 Å². The fourth-order valence-corrected chi connectivity index (χ4v) is 3.28. The molecule has 0 radical (unpaired) electrons. The van der Waals surface area contributed by atoms with Gasteiger partial charge in [-0.2, -0.15) is 0 Å². The smallest absolute Gasteiger partial charge is 0.363 e. The molecule has 2 heterocycles. The predicted octanol–water partition coefficient (Wildman–Crippen LogP) is 4.51. The van der Waals surface area contributed by atoms with Gasteiger partial charge in [-0.15, -0.1) is 11.3 Å². The van der Waals surface area contributed by atoms with Gasteiger partial charge in [-0.3, -0.25) is 0 Å². The van der Waals surface area contributed by atoms with E-state index in [4.69, 9.17) is 16.3 Å². The Morgan fingerprint density at radius 3 is 2.85 bits per heavy atom. The molecule has 2 aromatic rings. The quantitative estimate of drug-likeness (QED) is 0.578. The number of hydrogen-bond donors (Lipinski definition) is 0. The normalized spacial score (nSPS) is 16.4. The number of carbonyl (C=O) groups excluding carboxylic acids is 1. The van der Waals surface area contributed by atoms with Gasteiger partial charge in [0.2, 0.25) is 5.90 Å². The summed E-state index contributed by atoms with van der Waals surface area (Å²) in [5.41, 5.74) is 0.882. The Kier molecular flexibility index (Phi) is 3.74. The first-order valence-corrected chi connectivity index (χ1v) is 7.70. The lowest BCUT2D eigenvalue weighted by atomic mass is 10.2. The minimum Gasteiger partial charge on any atom is -0.402 e. The number of carbonyl (C=O) groups is 1. The largest absolute Gasteiger partial charge is 0.402 e. The zero-order valence-corrected chi connectivity index (χ0v) is 13.1. The summed E-state index contributed by atoms with van der Waals surface area (Å²) in [5, 5.41) is 2.44. The van der Waals surface area contributed by atoms with Crippen LogP contribution in [0.15, 0.2) is 50.9 Å². The summed E-state index contributed by atoms with van der Waals surface area (Å²) in [5.74, 6) is -0.230. The summed E-state index contributed by atoms with van der Waals surface area (Å²) >= 11 is 10.9. The maximum absolute atomic E-state index is 11.8. The van der Waals surface area contributed by atoms with Crippen molar-refractivity contribution in [1.82, 2.24) is 0 Å². The number of ether oxygens (including phenoxy) is 1. The van der Waals surface area contributed by atoms with Crippen LogP contribution in [0.5, 0.6) is 0 Å². The van der Waals surface area contributed by atoms with E-state index in [-0.39, 0.29) is 11.6 Å². The molecule has 0 spiro atoms. The fourth-order valence-electron chi connectivity index (χ4n) is 1.70. The number of benzene rings is 1. The highest BCUT2D eigenvalue weighted by atomic mass is 79.9. The molecule has 0 saturated carbocycles. The van der Waals surface area contributed by atoms with Crippen molar-refractivity contribution in [2.45, 2.75) is 0 Å². The van der Waals surface area contributed by atoms with Gasteiger partial charge in [-0.25, -0.2) is 9.79 Å². The first-order chi connectivity index (χ1) is 9.63. The Morgan fingerprint density at radius 2 is 2.15 bits per heavy atom. The molecule has 3 nitrogen and oxygen atoms in total. The third-order valence-electron chi connectivity index (χ3n) is 2.59. The highest BCUT2D eigenvalue weighted by Gasteiger charge is 2.25. The van der Waals surface area contributed by atoms with Crippen LogP contribution in [0.3, 0.4) is 0 Å². The van der Waals surface area contributed by atoms with E-state index in [1.54, 1.807) is 18.2 Å². The van der Waals surface area contributed by atoms with Gasteiger partial charge in [-0.1, -0.05) is 23.7 Å². The molecule has 0 amide bonds. The molecule has 1 aliphatic rings. The molecule has 0 atom stereocenters. The van der Waals surface area contributed by atoms with Crippen LogP contribution in [-0.4, -0.2) is 11.9 Å². The number of rotatable bonds is 2. The second-order valence-electron chi connectivity index (χ2n) is 3.98. The van der Waals surface area contributed by atoms with E-state index in [9.17, 15) is 4.79 Å². The fraction of sp³-hybridized carbons (Fsp3) is 0. The second-order valence-corrected chi connectivity index (χ2v) is 6.25. The lowest BCUT2D eigenvalue weighted by molar-refractivity contribution is -0.129. The van der Waals surface area contributed by atoms with Crippen molar-refractivity contribution in [3.8, 4) is 0 Å². The molecule has 100 valence electrons. The van der Waals surface area contributed by atoms with Gasteiger partial charge in [0.25, 0.3) is 0 Å². The van der Waals surface area contributed by atoms with Crippen LogP contribution in [0, 0.1) is 0 Å². The van der Waals surface area contributed by atoms with E-state index in [1.165, 1.54) is 11.3 Å². The van der Waals surface area contributed by atoms with E-state index < -0.39 is 5.97 Å². The molecule has 20 heavy (non-hydrogen) atoms. The number of cyclic esters (lactones) is 1. The van der Waals surface area contributed by atoms with Crippen molar-refractivity contribution in [2.75, 3.05) is 0 Å². The van der Waals surface area contributed by atoms with Crippen molar-refractivity contribution in [3.05, 3.63) is 61.3 Å². The second kappa shape index (κ2) is 5.52. The number of esters is 1. The first-order valence-electron chi connectivity index (χ1n) is 5.65. The number of nitrogens with zero attached hydrogens (tertiary/aromatic N) is 1. The maximum atomic E-state index is 11.8. The summed E-state index contributed by atoms with van der Waals surface area (Å²) in [4.78, 5) is 17.0. The summed E-state index contributed by atoms with van der Waals surface area (Å²) in [7, 11) is 0. The number of hydrogen-bond acceptors (Lipinski definition) is 4. The van der Waals surface area contributed by atoms with Crippen LogP contribution in [0.4, 0.5) is 0 Å². The van der Waals surface area contributed by atoms with E-state index >= 15 is 0 Å². The van der Waals surface area contributed by atoms with Gasteiger partial charge in [0, 0.05) is 14.7 Å². The standard InChI is InChI=1S/C14H7BrClNO2S/c15-8-5-9(20-7-8)6-12-14(18)19-13(17-12)10-3-1-2-4-11(10)16/h1-7H/b12-6-. The molecule has 6 heteroatoms. The lowest BCUT2D eigenvalue weighted by Gasteiger charge is -2.00. The Balaban J connectivity index is 1.97. The summed E-state index contributed by atoms with van der Waals surface area (Å²) in [6.07, 6.45) is 1.70. The number of halogens is 2. The maximum Gasteiger partial charge on any atom is 0.363 e. The molecule has 1 aliphatic heterocycles. The Labute approximate surface area is 132 Å². The molecule has 1 aromatic carbocycles. The minimum atomic E-state index is -0.468. The predicted molar refractivity (Wildman–Crippen MR) is 84.1 cm³/mol. The molecule has 1 aromatic heterocycles. The van der Waals surface area contributed by atoms with Gasteiger partial charge in [0.05, 0.1) is 10.6 Å². The molecule has 0 bridgehead atoms. The van der Waals surface area contributed by atoms with Crippen LogP contribution >= 0.6 is 38.9 Å². The van der Waals surface area contributed by atoms with Crippen LogP contribution in [0.2, 0.25) is 5.02 Å². The average molecular weight is 369 g/mol. The Bertz CT molecular complexity index is 751. The number of aliphatic imine (C=N–C) groups is 1. The summed E-state index contributed by atoms with van der Waals surface area (Å²) in [6.45, 7) is 0. The molecule has 3 rings (SSSR count). The monoisotopic (exact) mass is 367 g/mol. The van der Waals surface area contributed by atoms with Crippen LogP contribution in [0.1, 0.15) is 10.4 Å². The van der Waals surface area contributed by atoms with Crippen molar-refractivity contribution in [3.63, 3.8) is 0 Å². The summed E-state index contributed by atoms with van der Waals surface area (Å²) in [6, 6.07) is 9.02. The average Bonchev–Trinajstić information content (AvgIpc) is 2.98.